The second-order valence-corrected chi connectivity index (χ2v) is 13.9. The number of nitrogens with one attached hydrogen (secondary N) is 1. The van der Waals surface area contributed by atoms with Gasteiger partial charge in [-0.2, -0.15) is 0 Å². The van der Waals surface area contributed by atoms with E-state index < -0.39 is 10.2 Å². The summed E-state index contributed by atoms with van der Waals surface area (Å²) >= 11 is 15.8. The molecule has 0 saturated heterocycles. The van der Waals surface area contributed by atoms with Gasteiger partial charge in [-0.1, -0.05) is 73.9 Å². The lowest BCUT2D eigenvalue weighted by Gasteiger charge is -2.40. The number of benzene rings is 3. The van der Waals surface area contributed by atoms with Gasteiger partial charge in [-0.05, 0) is 61.4 Å². The van der Waals surface area contributed by atoms with Crippen LogP contribution >= 0.6 is 35.0 Å². The van der Waals surface area contributed by atoms with Crippen molar-refractivity contribution in [3.8, 4) is 0 Å². The zero-order valence-corrected chi connectivity index (χ0v) is 28.3. The predicted molar refractivity (Wildman–Crippen MR) is 184 cm³/mol. The van der Waals surface area contributed by atoms with Gasteiger partial charge in [0.1, 0.15) is 4.75 Å². The average Bonchev–Trinajstić information content (AvgIpc) is 2.92. The van der Waals surface area contributed by atoms with Crippen molar-refractivity contribution in [1.29, 1.82) is 0 Å². The monoisotopic (exact) mass is 625 g/mol. The molecule has 224 valence electrons. The molecule has 0 fully saturated rings. The number of halogens is 2. The van der Waals surface area contributed by atoms with Crippen molar-refractivity contribution in [3.05, 3.63) is 81.3 Å². The SMILES string of the molecule is CCN(CC)c1ccc2c(c1)N=C(NC(=O)C(C)(C)C)SC2(c1ccc(N(C)C)cc1Cl)c1ccc(N(C)C)cc1Cl. The summed E-state index contributed by atoms with van der Waals surface area (Å²) in [5.41, 5.74) is 5.89. The topological polar surface area (TPSA) is 51.2 Å². The largest absolute Gasteiger partial charge is 0.378 e. The van der Waals surface area contributed by atoms with E-state index in [1.54, 1.807) is 0 Å². The number of carbonyl (C=O) groups is 1. The maximum Gasteiger partial charge on any atom is 0.231 e. The van der Waals surface area contributed by atoms with E-state index >= 15 is 0 Å². The lowest BCUT2D eigenvalue weighted by Crippen LogP contribution is -2.41. The van der Waals surface area contributed by atoms with Gasteiger partial charge in [-0.25, -0.2) is 4.99 Å². The summed E-state index contributed by atoms with van der Waals surface area (Å²) in [6.07, 6.45) is 0. The summed E-state index contributed by atoms with van der Waals surface area (Å²) in [5, 5.41) is 4.83. The van der Waals surface area contributed by atoms with Crippen LogP contribution < -0.4 is 20.0 Å². The molecular formula is C33H41Cl2N5OS. The zero-order chi connectivity index (χ0) is 31.0. The Kier molecular flexibility index (Phi) is 9.46. The van der Waals surface area contributed by atoms with Crippen molar-refractivity contribution in [3.63, 3.8) is 0 Å². The van der Waals surface area contributed by atoms with E-state index in [2.05, 4.69) is 66.5 Å². The molecule has 9 heteroatoms. The Morgan fingerprint density at radius 2 is 1.29 bits per heavy atom. The van der Waals surface area contributed by atoms with Gasteiger partial charge in [0.15, 0.2) is 5.17 Å². The minimum atomic E-state index is -0.900. The van der Waals surface area contributed by atoms with Crippen molar-refractivity contribution in [1.82, 2.24) is 5.32 Å². The maximum absolute atomic E-state index is 13.3. The fraction of sp³-hybridized carbons (Fsp3) is 0.394. The van der Waals surface area contributed by atoms with Crippen molar-refractivity contribution < 1.29 is 4.79 Å². The molecule has 0 aromatic heterocycles. The van der Waals surface area contributed by atoms with Crippen LogP contribution in [-0.2, 0) is 9.54 Å². The van der Waals surface area contributed by atoms with Gasteiger partial charge >= 0.3 is 0 Å². The number of fused-ring (bicyclic) bond motifs is 1. The molecule has 1 heterocycles. The van der Waals surface area contributed by atoms with Crippen LogP contribution in [0.25, 0.3) is 0 Å². The lowest BCUT2D eigenvalue weighted by atomic mass is 9.82. The van der Waals surface area contributed by atoms with Gasteiger partial charge in [0.05, 0.1) is 5.69 Å². The smallest absolute Gasteiger partial charge is 0.231 e. The molecule has 3 aromatic rings. The molecule has 3 aromatic carbocycles. The van der Waals surface area contributed by atoms with Crippen LogP contribution in [0.15, 0.2) is 59.6 Å². The lowest BCUT2D eigenvalue weighted by molar-refractivity contribution is -0.126. The van der Waals surface area contributed by atoms with Gasteiger partial charge < -0.3 is 20.0 Å². The van der Waals surface area contributed by atoms with Crippen molar-refractivity contribution in [2.75, 3.05) is 56.0 Å². The van der Waals surface area contributed by atoms with E-state index in [0.717, 1.165) is 52.5 Å². The number of aliphatic imine (C=N–C) groups is 1. The molecule has 0 atom stereocenters. The minimum absolute atomic E-state index is 0.117. The van der Waals surface area contributed by atoms with Crippen molar-refractivity contribution in [2.45, 2.75) is 39.4 Å². The minimum Gasteiger partial charge on any atom is -0.378 e. The van der Waals surface area contributed by atoms with Gasteiger partial charge in [0.2, 0.25) is 5.91 Å². The van der Waals surface area contributed by atoms with Crippen LogP contribution in [0.3, 0.4) is 0 Å². The standard InChI is InChI=1S/C33H41Cl2N5OS/c1-10-40(11-2)23-14-17-26-29(20-23)36-31(37-30(41)32(3,4)5)42-33(26,24-15-12-21(38(6)7)18-27(24)34)25-16-13-22(39(8)9)19-28(25)35/h12-20H,10-11H2,1-9H3,(H,36,37,41). The highest BCUT2D eigenvalue weighted by Crippen LogP contribution is 2.58. The summed E-state index contributed by atoms with van der Waals surface area (Å²) < 4.78 is -0.900. The maximum atomic E-state index is 13.3. The van der Waals surface area contributed by atoms with E-state index in [9.17, 15) is 4.79 Å². The first-order valence-electron chi connectivity index (χ1n) is 14.2. The third kappa shape index (κ3) is 6.10. The summed E-state index contributed by atoms with van der Waals surface area (Å²) in [7, 11) is 7.96. The fourth-order valence-corrected chi connectivity index (χ4v) is 7.23. The number of hydrogen-bond donors (Lipinski definition) is 1. The summed E-state index contributed by atoms with van der Waals surface area (Å²) in [5.74, 6) is -0.117. The van der Waals surface area contributed by atoms with Crippen LogP contribution in [-0.4, -0.2) is 52.4 Å². The van der Waals surface area contributed by atoms with E-state index in [0.29, 0.717) is 15.2 Å². The van der Waals surface area contributed by atoms with Crippen molar-refractivity contribution >= 4 is 68.8 Å². The fourth-order valence-electron chi connectivity index (χ4n) is 5.05. The van der Waals surface area contributed by atoms with Gasteiger partial charge in [0, 0.05) is 79.4 Å². The third-order valence-electron chi connectivity index (χ3n) is 7.56. The van der Waals surface area contributed by atoms with Gasteiger partial charge in [-0.3, -0.25) is 4.79 Å². The van der Waals surface area contributed by atoms with Crippen LogP contribution in [0, 0.1) is 5.41 Å². The molecule has 0 radical (unpaired) electrons. The van der Waals surface area contributed by atoms with Crippen LogP contribution in [0.4, 0.5) is 22.7 Å². The Labute approximate surface area is 265 Å². The third-order valence-corrected chi connectivity index (χ3v) is 9.54. The number of carbonyl (C=O) groups excluding carboxylic acids is 1. The molecule has 1 N–H and O–H groups in total. The van der Waals surface area contributed by atoms with Gasteiger partial charge in [-0.15, -0.1) is 0 Å². The molecule has 0 saturated carbocycles. The van der Waals surface area contributed by atoms with E-state index in [-0.39, 0.29) is 5.91 Å². The second kappa shape index (κ2) is 12.4. The van der Waals surface area contributed by atoms with Crippen LogP contribution in [0.1, 0.15) is 51.3 Å². The molecule has 1 aliphatic heterocycles. The number of thioether (sulfide) groups is 1. The van der Waals surface area contributed by atoms with E-state index in [1.165, 1.54) is 11.8 Å². The summed E-state index contributed by atoms with van der Waals surface area (Å²) in [4.78, 5) is 24.6. The molecule has 4 rings (SSSR count). The Morgan fingerprint density at radius 3 is 1.71 bits per heavy atom. The molecule has 6 nitrogen and oxygen atoms in total. The molecule has 0 bridgehead atoms. The highest BCUT2D eigenvalue weighted by Gasteiger charge is 2.46. The van der Waals surface area contributed by atoms with Crippen molar-refractivity contribution in [2.24, 2.45) is 10.4 Å². The van der Waals surface area contributed by atoms with E-state index in [1.807, 2.05) is 70.9 Å². The first-order valence-corrected chi connectivity index (χ1v) is 15.7. The zero-order valence-electron chi connectivity index (χ0n) is 26.0. The van der Waals surface area contributed by atoms with Gasteiger partial charge in [0.25, 0.3) is 0 Å². The first kappa shape index (κ1) is 32.1. The van der Waals surface area contributed by atoms with E-state index in [4.69, 9.17) is 28.2 Å². The molecule has 1 amide bonds. The Bertz CT molecular complexity index is 1450. The quantitative estimate of drug-likeness (QED) is 0.287. The average molecular weight is 627 g/mol. The highest BCUT2D eigenvalue weighted by molar-refractivity contribution is 8.15. The Balaban J connectivity index is 2.09. The number of anilines is 3. The molecular weight excluding hydrogens is 585 g/mol. The predicted octanol–water partition coefficient (Wildman–Crippen LogP) is 8.16. The Hall–Kier alpha value is -2.87. The van der Waals surface area contributed by atoms with Crippen LogP contribution in [0.5, 0.6) is 0 Å². The summed E-state index contributed by atoms with van der Waals surface area (Å²) in [6, 6.07) is 18.6. The number of amides is 1. The number of amidine groups is 1. The molecule has 1 aliphatic rings. The molecule has 42 heavy (non-hydrogen) atoms. The number of hydrogen-bond acceptors (Lipinski definition) is 6. The summed E-state index contributed by atoms with van der Waals surface area (Å²) in [6.45, 7) is 11.7. The first-order chi connectivity index (χ1) is 19.7. The molecule has 0 aliphatic carbocycles. The Morgan fingerprint density at radius 1 is 0.810 bits per heavy atom. The van der Waals surface area contributed by atoms with Crippen LogP contribution in [0.2, 0.25) is 10.0 Å². The second-order valence-electron chi connectivity index (χ2n) is 11.9. The number of nitrogens with zero attached hydrogens (tertiary/aromatic N) is 4. The normalized spacial score (nSPS) is 14.1. The molecule has 0 spiro atoms. The molecule has 0 unspecified atom stereocenters. The highest BCUT2D eigenvalue weighted by atomic mass is 35.5. The number of rotatable bonds is 7.